The van der Waals surface area contributed by atoms with E-state index < -0.39 is 23.7 Å². The molecule has 1 aromatic heterocycles. The van der Waals surface area contributed by atoms with Gasteiger partial charge in [-0.2, -0.15) is 13.2 Å². The van der Waals surface area contributed by atoms with Crippen molar-refractivity contribution in [1.82, 2.24) is 0 Å². The van der Waals surface area contributed by atoms with Crippen molar-refractivity contribution in [3.05, 3.63) is 45.8 Å². The van der Waals surface area contributed by atoms with Gasteiger partial charge in [0.05, 0.1) is 24.3 Å². The van der Waals surface area contributed by atoms with Crippen LogP contribution in [0.15, 0.2) is 24.3 Å². The number of ether oxygens (including phenoxy) is 1. The Balaban J connectivity index is 1.79. The molecule has 138 valence electrons. The third-order valence-corrected chi connectivity index (χ3v) is 4.86. The molecule has 1 aromatic carbocycles. The molecule has 0 saturated heterocycles. The molecular weight excluding hydrogens is 371 g/mol. The van der Waals surface area contributed by atoms with Crippen LogP contribution in [0.4, 0.5) is 28.7 Å². The molecule has 10 heteroatoms. The van der Waals surface area contributed by atoms with Gasteiger partial charge in [-0.25, -0.2) is 4.79 Å². The predicted octanol–water partition coefficient (Wildman–Crippen LogP) is 3.58. The summed E-state index contributed by atoms with van der Waals surface area (Å²) in [6.07, 6.45) is -4.01. The monoisotopic (exact) mass is 385 g/mol. The molecule has 0 bridgehead atoms. The normalized spacial score (nSPS) is 13.8. The highest BCUT2D eigenvalue weighted by Gasteiger charge is 2.30. The number of hydrogen-bond donors (Lipinski definition) is 3. The Morgan fingerprint density at radius 3 is 2.69 bits per heavy atom. The number of hydrogen-bond acceptors (Lipinski definition) is 4. The number of urea groups is 1. The van der Waals surface area contributed by atoms with E-state index in [0.29, 0.717) is 19.6 Å². The highest BCUT2D eigenvalue weighted by molar-refractivity contribution is 7.17. The number of rotatable bonds is 3. The van der Waals surface area contributed by atoms with Crippen molar-refractivity contribution in [2.45, 2.75) is 19.2 Å². The third-order valence-electron chi connectivity index (χ3n) is 3.74. The van der Waals surface area contributed by atoms with Crippen LogP contribution in [0.3, 0.4) is 0 Å². The van der Waals surface area contributed by atoms with Crippen LogP contribution in [0.2, 0.25) is 0 Å². The van der Waals surface area contributed by atoms with Gasteiger partial charge in [-0.15, -0.1) is 11.3 Å². The Hall–Kier alpha value is -2.59. The number of amides is 3. The molecule has 0 unspecified atom stereocenters. The minimum atomic E-state index is -4.51. The lowest BCUT2D eigenvalue weighted by Crippen LogP contribution is -2.22. The molecule has 0 fully saturated rings. The van der Waals surface area contributed by atoms with Gasteiger partial charge in [-0.3, -0.25) is 10.1 Å². The maximum atomic E-state index is 12.7. The second-order valence-electron chi connectivity index (χ2n) is 5.53. The Labute approximate surface area is 150 Å². The summed E-state index contributed by atoms with van der Waals surface area (Å²) in [5.41, 5.74) is 5.46. The zero-order valence-electron chi connectivity index (χ0n) is 13.3. The fourth-order valence-corrected chi connectivity index (χ4v) is 3.81. The summed E-state index contributed by atoms with van der Waals surface area (Å²) in [4.78, 5) is 24.7. The second kappa shape index (κ2) is 6.96. The first-order valence-electron chi connectivity index (χ1n) is 7.53. The number of nitrogens with one attached hydrogen (secondary N) is 2. The van der Waals surface area contributed by atoms with E-state index in [-0.39, 0.29) is 16.3 Å². The first-order chi connectivity index (χ1) is 12.3. The minimum absolute atomic E-state index is 0.0254. The molecule has 1 aliphatic heterocycles. The standard InChI is InChI=1S/C16H14F3N3O3S/c17-16(18,19)8-2-1-3-9(6-8)21-15(24)22-14-12(13(20)23)10-4-5-25-7-11(10)26-14/h1-3,6H,4-5,7H2,(H2,20,23)(H2,21,22,24). The van der Waals surface area contributed by atoms with Crippen LogP contribution < -0.4 is 16.4 Å². The van der Waals surface area contributed by atoms with Gasteiger partial charge in [0.15, 0.2) is 0 Å². The molecule has 3 rings (SSSR count). The molecule has 6 nitrogen and oxygen atoms in total. The molecular formula is C16H14F3N3O3S. The van der Waals surface area contributed by atoms with E-state index in [9.17, 15) is 22.8 Å². The van der Waals surface area contributed by atoms with Crippen molar-refractivity contribution >= 4 is 34.0 Å². The molecule has 2 heterocycles. The highest BCUT2D eigenvalue weighted by Crippen LogP contribution is 2.36. The van der Waals surface area contributed by atoms with Crippen LogP contribution in [-0.4, -0.2) is 18.5 Å². The maximum absolute atomic E-state index is 12.7. The Kier molecular flexibility index (Phi) is 4.88. The van der Waals surface area contributed by atoms with Crippen molar-refractivity contribution in [3.63, 3.8) is 0 Å². The van der Waals surface area contributed by atoms with Gasteiger partial charge in [-0.1, -0.05) is 6.07 Å². The van der Waals surface area contributed by atoms with E-state index in [0.717, 1.165) is 33.9 Å². The molecule has 0 spiro atoms. The quantitative estimate of drug-likeness (QED) is 0.754. The Morgan fingerprint density at radius 2 is 2.00 bits per heavy atom. The van der Waals surface area contributed by atoms with E-state index in [2.05, 4.69) is 10.6 Å². The van der Waals surface area contributed by atoms with Crippen LogP contribution in [0.5, 0.6) is 0 Å². The molecule has 0 atom stereocenters. The molecule has 2 aromatic rings. The number of halogens is 3. The largest absolute Gasteiger partial charge is 0.416 e. The number of alkyl halides is 3. The molecule has 1 aliphatic rings. The average molecular weight is 385 g/mol. The lowest BCUT2D eigenvalue weighted by Gasteiger charge is -2.12. The maximum Gasteiger partial charge on any atom is 0.416 e. The van der Waals surface area contributed by atoms with Gasteiger partial charge < -0.3 is 15.8 Å². The fourth-order valence-electron chi connectivity index (χ4n) is 2.62. The van der Waals surface area contributed by atoms with Crippen molar-refractivity contribution in [2.24, 2.45) is 5.73 Å². The van der Waals surface area contributed by atoms with E-state index in [1.807, 2.05) is 0 Å². The van der Waals surface area contributed by atoms with E-state index in [4.69, 9.17) is 10.5 Å². The number of fused-ring (bicyclic) bond motifs is 1. The van der Waals surface area contributed by atoms with E-state index >= 15 is 0 Å². The summed E-state index contributed by atoms with van der Waals surface area (Å²) >= 11 is 1.16. The van der Waals surface area contributed by atoms with Crippen LogP contribution >= 0.6 is 11.3 Å². The number of thiophene rings is 1. The topological polar surface area (TPSA) is 93.5 Å². The summed E-state index contributed by atoms with van der Waals surface area (Å²) in [5.74, 6) is -0.682. The van der Waals surface area contributed by atoms with Crippen LogP contribution in [-0.2, 0) is 23.9 Å². The Morgan fingerprint density at radius 1 is 1.23 bits per heavy atom. The summed E-state index contributed by atoms with van der Waals surface area (Å²) in [5, 5.41) is 5.06. The lowest BCUT2D eigenvalue weighted by atomic mass is 10.1. The molecule has 0 radical (unpaired) electrons. The average Bonchev–Trinajstić information content (AvgIpc) is 2.91. The van der Waals surface area contributed by atoms with Gasteiger partial charge >= 0.3 is 12.2 Å². The predicted molar refractivity (Wildman–Crippen MR) is 90.3 cm³/mol. The fraction of sp³-hybridized carbons (Fsp3) is 0.250. The van der Waals surface area contributed by atoms with Gasteiger partial charge in [0, 0.05) is 10.6 Å². The van der Waals surface area contributed by atoms with Crippen molar-refractivity contribution in [2.75, 3.05) is 17.2 Å². The van der Waals surface area contributed by atoms with Crippen LogP contribution in [0, 0.1) is 0 Å². The minimum Gasteiger partial charge on any atom is -0.376 e. The third kappa shape index (κ3) is 3.81. The second-order valence-corrected chi connectivity index (χ2v) is 6.64. The van der Waals surface area contributed by atoms with Crippen molar-refractivity contribution < 1.29 is 27.5 Å². The summed E-state index contributed by atoms with van der Waals surface area (Å²) in [7, 11) is 0. The summed E-state index contributed by atoms with van der Waals surface area (Å²) < 4.78 is 43.5. The SMILES string of the molecule is NC(=O)c1c(NC(=O)Nc2cccc(C(F)(F)F)c2)sc2c1CCOC2. The van der Waals surface area contributed by atoms with Crippen molar-refractivity contribution in [3.8, 4) is 0 Å². The number of benzene rings is 1. The number of carbonyl (C=O) groups excluding carboxylic acids is 2. The Bertz CT molecular complexity index is 864. The van der Waals surface area contributed by atoms with Crippen LogP contribution in [0.1, 0.15) is 26.4 Å². The zero-order chi connectivity index (χ0) is 18.9. The van der Waals surface area contributed by atoms with E-state index in [1.54, 1.807) is 0 Å². The molecule has 4 N–H and O–H groups in total. The first-order valence-corrected chi connectivity index (χ1v) is 8.34. The van der Waals surface area contributed by atoms with Crippen molar-refractivity contribution in [1.29, 1.82) is 0 Å². The summed E-state index contributed by atoms with van der Waals surface area (Å²) in [6, 6.07) is 3.47. The van der Waals surface area contributed by atoms with Gasteiger partial charge in [0.2, 0.25) is 0 Å². The molecule has 26 heavy (non-hydrogen) atoms. The highest BCUT2D eigenvalue weighted by atomic mass is 32.1. The number of primary amides is 1. The number of nitrogens with two attached hydrogens (primary N) is 1. The summed E-state index contributed by atoms with van der Waals surface area (Å²) in [6.45, 7) is 0.761. The van der Waals surface area contributed by atoms with Gasteiger partial charge in [-0.05, 0) is 30.2 Å². The smallest absolute Gasteiger partial charge is 0.376 e. The van der Waals surface area contributed by atoms with Gasteiger partial charge in [0.1, 0.15) is 5.00 Å². The number of anilines is 2. The first kappa shape index (κ1) is 18.2. The number of carbonyl (C=O) groups is 2. The lowest BCUT2D eigenvalue weighted by molar-refractivity contribution is -0.137. The zero-order valence-corrected chi connectivity index (χ0v) is 14.1. The molecule has 3 amide bonds. The van der Waals surface area contributed by atoms with Gasteiger partial charge in [0.25, 0.3) is 5.91 Å². The van der Waals surface area contributed by atoms with E-state index in [1.165, 1.54) is 12.1 Å². The van der Waals surface area contributed by atoms with Crippen LogP contribution in [0.25, 0.3) is 0 Å². The molecule has 0 saturated carbocycles. The molecule has 0 aliphatic carbocycles.